The monoisotopic (exact) mass is 290 g/mol. The van der Waals surface area contributed by atoms with Crippen molar-refractivity contribution in [2.45, 2.75) is 33.4 Å². The average molecular weight is 290 g/mol. The van der Waals surface area contributed by atoms with Crippen LogP contribution in [0.25, 0.3) is 10.9 Å². The summed E-state index contributed by atoms with van der Waals surface area (Å²) in [4.78, 5) is 2.90. The molecular weight excluding hydrogens is 268 g/mol. The van der Waals surface area contributed by atoms with E-state index in [0.717, 1.165) is 38.3 Å². The first-order valence-corrected chi connectivity index (χ1v) is 7.51. The van der Waals surface area contributed by atoms with Gasteiger partial charge >= 0.3 is 0 Å². The molecule has 2 rings (SSSR count). The number of hydrogen-bond donors (Lipinski definition) is 1. The molecule has 0 spiro atoms. The van der Waals surface area contributed by atoms with E-state index in [-0.39, 0.29) is 0 Å². The highest BCUT2D eigenvalue weighted by atomic mass is 32.1. The maximum atomic E-state index is 5.59. The summed E-state index contributed by atoms with van der Waals surface area (Å²) in [7, 11) is 0. The molecule has 0 radical (unpaired) electrons. The highest BCUT2D eigenvalue weighted by molar-refractivity contribution is 7.80. The Balaban J connectivity index is 2.21. The highest BCUT2D eigenvalue weighted by Crippen LogP contribution is 2.19. The van der Waals surface area contributed by atoms with E-state index in [1.165, 1.54) is 10.9 Å². The molecule has 108 valence electrons. The third kappa shape index (κ3) is 3.35. The molecule has 0 saturated heterocycles. The Morgan fingerprint density at radius 2 is 2.10 bits per heavy atom. The number of aryl methyl sites for hydroxylation is 1. The van der Waals surface area contributed by atoms with Crippen LogP contribution in [0.3, 0.4) is 0 Å². The fourth-order valence-electron chi connectivity index (χ4n) is 2.38. The van der Waals surface area contributed by atoms with E-state index in [1.807, 2.05) is 0 Å². The molecule has 0 amide bonds. The van der Waals surface area contributed by atoms with Crippen LogP contribution in [-0.2, 0) is 13.1 Å². The number of hydrogen-bond acceptors (Lipinski definition) is 3. The van der Waals surface area contributed by atoms with Crippen LogP contribution in [0.1, 0.15) is 26.0 Å². The van der Waals surface area contributed by atoms with Crippen LogP contribution in [0.5, 0.6) is 0 Å². The van der Waals surface area contributed by atoms with Crippen molar-refractivity contribution < 1.29 is 0 Å². The number of thiocarbonyl (C=S) groups is 1. The molecule has 0 unspecified atom stereocenters. The van der Waals surface area contributed by atoms with E-state index in [2.05, 4.69) is 47.7 Å². The Labute approximate surface area is 125 Å². The molecule has 0 atom stereocenters. The molecule has 5 heteroatoms. The van der Waals surface area contributed by atoms with Gasteiger partial charge in [-0.2, -0.15) is 5.10 Å². The first kappa shape index (κ1) is 14.9. The van der Waals surface area contributed by atoms with E-state index in [0.29, 0.717) is 4.99 Å². The van der Waals surface area contributed by atoms with Crippen LogP contribution >= 0.6 is 12.2 Å². The van der Waals surface area contributed by atoms with Gasteiger partial charge in [0.1, 0.15) is 0 Å². The minimum Gasteiger partial charge on any atom is -0.393 e. The number of para-hydroxylation sites is 1. The molecule has 20 heavy (non-hydrogen) atoms. The van der Waals surface area contributed by atoms with E-state index >= 15 is 0 Å². The molecule has 2 N–H and O–H groups in total. The molecule has 1 aromatic carbocycles. The summed E-state index contributed by atoms with van der Waals surface area (Å²) < 4.78 is 2.06. The second kappa shape index (κ2) is 6.81. The summed E-state index contributed by atoms with van der Waals surface area (Å²) in [5.41, 5.74) is 7.93. The third-order valence-corrected chi connectivity index (χ3v) is 3.73. The Morgan fingerprint density at radius 3 is 2.75 bits per heavy atom. The Bertz CT molecular complexity index is 591. The number of fused-ring (bicyclic) bond motifs is 1. The lowest BCUT2D eigenvalue weighted by atomic mass is 10.2. The average Bonchev–Trinajstić information content (AvgIpc) is 2.81. The molecular formula is C15H22N4S. The number of rotatable bonds is 7. The number of aromatic nitrogens is 2. The standard InChI is InChI=1S/C15H22N4S/c1-3-18(10-9-15(16)20)11-13-12-7-5-6-8-14(12)19(4-2)17-13/h5-8H,3-4,9-11H2,1-2H3,(H2,16,20). The lowest BCUT2D eigenvalue weighted by Gasteiger charge is -2.18. The normalized spacial score (nSPS) is 11.3. The maximum Gasteiger partial charge on any atom is 0.0843 e. The van der Waals surface area contributed by atoms with Crippen molar-refractivity contribution in [3.8, 4) is 0 Å². The topological polar surface area (TPSA) is 47.1 Å². The lowest BCUT2D eigenvalue weighted by molar-refractivity contribution is 0.285. The summed E-state index contributed by atoms with van der Waals surface area (Å²) in [6.45, 7) is 7.85. The molecule has 0 aliphatic heterocycles. The van der Waals surface area contributed by atoms with Crippen LogP contribution < -0.4 is 5.73 Å². The molecule has 0 aliphatic carbocycles. The summed E-state index contributed by atoms with van der Waals surface area (Å²) in [5.74, 6) is 0. The van der Waals surface area contributed by atoms with Crippen molar-refractivity contribution in [3.05, 3.63) is 30.0 Å². The first-order valence-electron chi connectivity index (χ1n) is 7.10. The second-order valence-electron chi connectivity index (χ2n) is 4.86. The van der Waals surface area contributed by atoms with Gasteiger partial charge in [-0.3, -0.25) is 9.58 Å². The zero-order valence-corrected chi connectivity index (χ0v) is 13.0. The molecule has 4 nitrogen and oxygen atoms in total. The van der Waals surface area contributed by atoms with Gasteiger partial charge < -0.3 is 5.73 Å². The number of nitrogens with two attached hydrogens (primary N) is 1. The molecule has 1 heterocycles. The quantitative estimate of drug-likeness (QED) is 0.796. The second-order valence-corrected chi connectivity index (χ2v) is 5.39. The fraction of sp³-hybridized carbons (Fsp3) is 0.467. The molecule has 0 saturated carbocycles. The summed E-state index contributed by atoms with van der Waals surface area (Å²) >= 11 is 4.96. The summed E-state index contributed by atoms with van der Waals surface area (Å²) in [5, 5.41) is 5.97. The summed E-state index contributed by atoms with van der Waals surface area (Å²) in [6.07, 6.45) is 0.760. The van der Waals surface area contributed by atoms with Gasteiger partial charge in [0.2, 0.25) is 0 Å². The van der Waals surface area contributed by atoms with E-state index < -0.39 is 0 Å². The van der Waals surface area contributed by atoms with Crippen LogP contribution in [0.2, 0.25) is 0 Å². The van der Waals surface area contributed by atoms with Gasteiger partial charge in [0.05, 0.1) is 16.2 Å². The summed E-state index contributed by atoms with van der Waals surface area (Å²) in [6, 6.07) is 8.40. The predicted octanol–water partition coefficient (Wildman–Crippen LogP) is 2.55. The van der Waals surface area contributed by atoms with E-state index in [4.69, 9.17) is 23.1 Å². The van der Waals surface area contributed by atoms with Gasteiger partial charge in [-0.1, -0.05) is 37.3 Å². The van der Waals surface area contributed by atoms with Gasteiger partial charge in [-0.25, -0.2) is 0 Å². The Hall–Kier alpha value is -1.46. The molecule has 1 aromatic heterocycles. The van der Waals surface area contributed by atoms with Crippen molar-refractivity contribution in [1.29, 1.82) is 0 Å². The van der Waals surface area contributed by atoms with Crippen molar-refractivity contribution in [1.82, 2.24) is 14.7 Å². The van der Waals surface area contributed by atoms with Crippen LogP contribution in [0, 0.1) is 0 Å². The van der Waals surface area contributed by atoms with Crippen LogP contribution in [0.15, 0.2) is 24.3 Å². The van der Waals surface area contributed by atoms with Gasteiger partial charge in [0.25, 0.3) is 0 Å². The van der Waals surface area contributed by atoms with E-state index in [9.17, 15) is 0 Å². The van der Waals surface area contributed by atoms with Gasteiger partial charge in [0, 0.05) is 31.4 Å². The molecule has 2 aromatic rings. The Morgan fingerprint density at radius 1 is 1.35 bits per heavy atom. The van der Waals surface area contributed by atoms with Crippen LogP contribution in [-0.4, -0.2) is 32.8 Å². The van der Waals surface area contributed by atoms with Gasteiger partial charge in [-0.05, 0) is 19.5 Å². The first-order chi connectivity index (χ1) is 9.65. The molecule has 0 fully saturated rings. The lowest BCUT2D eigenvalue weighted by Crippen LogP contribution is -2.27. The van der Waals surface area contributed by atoms with Gasteiger partial charge in [0.15, 0.2) is 0 Å². The fourth-order valence-corrected chi connectivity index (χ4v) is 2.47. The van der Waals surface area contributed by atoms with Crippen molar-refractivity contribution in [2.75, 3.05) is 13.1 Å². The zero-order chi connectivity index (χ0) is 14.5. The number of nitrogens with zero attached hydrogens (tertiary/aromatic N) is 3. The molecule has 0 bridgehead atoms. The van der Waals surface area contributed by atoms with Gasteiger partial charge in [-0.15, -0.1) is 0 Å². The third-order valence-electron chi connectivity index (χ3n) is 3.53. The highest BCUT2D eigenvalue weighted by Gasteiger charge is 2.12. The molecule has 0 aliphatic rings. The van der Waals surface area contributed by atoms with Crippen molar-refractivity contribution >= 4 is 28.1 Å². The zero-order valence-electron chi connectivity index (χ0n) is 12.2. The maximum absolute atomic E-state index is 5.59. The van der Waals surface area contributed by atoms with Crippen LogP contribution in [0.4, 0.5) is 0 Å². The SMILES string of the molecule is CCN(CCC(N)=S)Cc1nn(CC)c2ccccc12. The minimum atomic E-state index is 0.576. The smallest absolute Gasteiger partial charge is 0.0843 e. The predicted molar refractivity (Wildman–Crippen MR) is 87.8 cm³/mol. The van der Waals surface area contributed by atoms with E-state index in [1.54, 1.807) is 0 Å². The number of benzene rings is 1. The van der Waals surface area contributed by atoms with Crippen molar-refractivity contribution in [2.24, 2.45) is 5.73 Å². The Kier molecular flexibility index (Phi) is 5.09. The van der Waals surface area contributed by atoms with Crippen molar-refractivity contribution in [3.63, 3.8) is 0 Å². The largest absolute Gasteiger partial charge is 0.393 e. The minimum absolute atomic E-state index is 0.576.